The van der Waals surface area contributed by atoms with Gasteiger partial charge in [0.15, 0.2) is 0 Å². The highest BCUT2D eigenvalue weighted by Gasteiger charge is 2.29. The third-order valence-corrected chi connectivity index (χ3v) is 4.64. The van der Waals surface area contributed by atoms with E-state index in [-0.39, 0.29) is 11.9 Å². The first-order valence-corrected chi connectivity index (χ1v) is 8.42. The lowest BCUT2D eigenvalue weighted by atomic mass is 10.0. The van der Waals surface area contributed by atoms with Gasteiger partial charge in [-0.1, -0.05) is 17.3 Å². The van der Waals surface area contributed by atoms with Crippen molar-refractivity contribution in [2.75, 3.05) is 13.7 Å². The first kappa shape index (κ1) is 16.6. The van der Waals surface area contributed by atoms with Crippen LogP contribution in [0.2, 0.25) is 0 Å². The summed E-state index contributed by atoms with van der Waals surface area (Å²) in [6, 6.07) is 8.34. The molecule has 2 heterocycles. The first-order valence-electron chi connectivity index (χ1n) is 8.42. The van der Waals surface area contributed by atoms with Crippen LogP contribution in [0, 0.1) is 13.8 Å². The van der Waals surface area contributed by atoms with E-state index in [1.54, 1.807) is 7.11 Å². The molecule has 1 aromatic heterocycles. The van der Waals surface area contributed by atoms with Gasteiger partial charge >= 0.3 is 0 Å². The maximum atomic E-state index is 12.6. The van der Waals surface area contributed by atoms with Crippen LogP contribution in [0.1, 0.15) is 35.4 Å². The van der Waals surface area contributed by atoms with Gasteiger partial charge in [-0.05, 0) is 50.3 Å². The van der Waals surface area contributed by atoms with Crippen LogP contribution in [0.3, 0.4) is 0 Å². The van der Waals surface area contributed by atoms with E-state index >= 15 is 0 Å². The van der Waals surface area contributed by atoms with Crippen molar-refractivity contribution in [3.63, 3.8) is 0 Å². The number of carbonyl (C=O) groups is 1. The molecule has 1 aromatic carbocycles. The Bertz CT molecular complexity index is 723. The van der Waals surface area contributed by atoms with Gasteiger partial charge in [0, 0.05) is 18.7 Å². The summed E-state index contributed by atoms with van der Waals surface area (Å²) < 4.78 is 10.4. The van der Waals surface area contributed by atoms with Gasteiger partial charge in [0.05, 0.1) is 19.2 Å². The molecule has 3 rings (SSSR count). The Morgan fingerprint density at radius 1 is 1.38 bits per heavy atom. The van der Waals surface area contributed by atoms with Crippen LogP contribution in [-0.2, 0) is 17.6 Å². The van der Waals surface area contributed by atoms with Crippen molar-refractivity contribution < 1.29 is 14.1 Å². The monoisotopic (exact) mass is 328 g/mol. The molecule has 1 saturated heterocycles. The normalized spacial score (nSPS) is 17.3. The first-order chi connectivity index (χ1) is 11.6. The Balaban J connectivity index is 1.66. The minimum Gasteiger partial charge on any atom is -0.496 e. The maximum absolute atomic E-state index is 12.6. The number of benzene rings is 1. The summed E-state index contributed by atoms with van der Waals surface area (Å²) in [4.78, 5) is 14.6. The van der Waals surface area contributed by atoms with Crippen LogP contribution >= 0.6 is 0 Å². The highest BCUT2D eigenvalue weighted by molar-refractivity contribution is 5.79. The minimum atomic E-state index is 0.135. The van der Waals surface area contributed by atoms with E-state index in [4.69, 9.17) is 9.26 Å². The number of hydrogen-bond donors (Lipinski definition) is 0. The summed E-state index contributed by atoms with van der Waals surface area (Å²) in [7, 11) is 1.69. The quantitative estimate of drug-likeness (QED) is 0.846. The summed E-state index contributed by atoms with van der Waals surface area (Å²) in [5.41, 5.74) is 3.09. The predicted molar refractivity (Wildman–Crippen MR) is 91.1 cm³/mol. The number of rotatable bonds is 5. The molecule has 1 fully saturated rings. The Morgan fingerprint density at radius 2 is 2.21 bits per heavy atom. The van der Waals surface area contributed by atoms with Crippen LogP contribution in [0.25, 0.3) is 0 Å². The number of ether oxygens (including phenoxy) is 1. The van der Waals surface area contributed by atoms with Gasteiger partial charge in [0.1, 0.15) is 11.5 Å². The van der Waals surface area contributed by atoms with Gasteiger partial charge in [0.25, 0.3) is 0 Å². The van der Waals surface area contributed by atoms with Gasteiger partial charge in [-0.25, -0.2) is 0 Å². The molecule has 0 N–H and O–H groups in total. The molecule has 0 spiro atoms. The van der Waals surface area contributed by atoms with Crippen LogP contribution in [-0.4, -0.2) is 35.7 Å². The van der Waals surface area contributed by atoms with E-state index in [1.807, 2.05) is 30.9 Å². The molecule has 2 aromatic rings. The predicted octanol–water partition coefficient (Wildman–Crippen LogP) is 3.08. The average Bonchev–Trinajstić information content (AvgIpc) is 3.16. The second-order valence-corrected chi connectivity index (χ2v) is 6.50. The number of hydrogen-bond acceptors (Lipinski definition) is 4. The fraction of sp³-hybridized carbons (Fsp3) is 0.474. The van der Waals surface area contributed by atoms with Crippen molar-refractivity contribution in [2.24, 2.45) is 0 Å². The number of carbonyl (C=O) groups excluding carboxylic acids is 1. The van der Waals surface area contributed by atoms with E-state index in [0.717, 1.165) is 42.9 Å². The average molecular weight is 328 g/mol. The third-order valence-electron chi connectivity index (χ3n) is 4.64. The summed E-state index contributed by atoms with van der Waals surface area (Å²) in [6.45, 7) is 4.72. The maximum Gasteiger partial charge on any atom is 0.228 e. The van der Waals surface area contributed by atoms with E-state index in [1.165, 1.54) is 5.56 Å². The zero-order valence-corrected chi connectivity index (χ0v) is 14.5. The molecule has 0 radical (unpaired) electrons. The molecule has 0 bridgehead atoms. The molecule has 1 atom stereocenters. The van der Waals surface area contributed by atoms with Gasteiger partial charge in [-0.2, -0.15) is 0 Å². The van der Waals surface area contributed by atoms with Gasteiger partial charge in [-0.15, -0.1) is 0 Å². The largest absolute Gasteiger partial charge is 0.496 e. The van der Waals surface area contributed by atoms with Crippen LogP contribution < -0.4 is 4.74 Å². The molecule has 5 nitrogen and oxygen atoms in total. The molecule has 0 aliphatic carbocycles. The number of amides is 1. The van der Waals surface area contributed by atoms with E-state index < -0.39 is 0 Å². The topological polar surface area (TPSA) is 55.6 Å². The lowest BCUT2D eigenvalue weighted by molar-refractivity contribution is -0.131. The second kappa shape index (κ2) is 7.07. The molecular weight excluding hydrogens is 304 g/mol. The highest BCUT2D eigenvalue weighted by atomic mass is 16.5. The van der Waals surface area contributed by atoms with Crippen molar-refractivity contribution in [3.05, 3.63) is 46.8 Å². The van der Waals surface area contributed by atoms with Crippen LogP contribution in [0.5, 0.6) is 5.75 Å². The van der Waals surface area contributed by atoms with Gasteiger partial charge < -0.3 is 14.2 Å². The fourth-order valence-corrected chi connectivity index (χ4v) is 3.47. The standard InChI is InChI=1S/C19H24N2O3/c1-13-9-15(6-7-18(13)23-3)11-17-5-4-8-21(17)19(22)12-16-10-14(2)24-20-16/h6-7,9-10,17H,4-5,8,11-12H2,1-3H3. The molecule has 1 unspecified atom stereocenters. The Hall–Kier alpha value is -2.30. The molecule has 128 valence electrons. The number of aromatic nitrogens is 1. The van der Waals surface area contributed by atoms with Crippen molar-refractivity contribution in [1.82, 2.24) is 10.1 Å². The second-order valence-electron chi connectivity index (χ2n) is 6.50. The lowest BCUT2D eigenvalue weighted by Gasteiger charge is -2.25. The number of methoxy groups -OCH3 is 1. The SMILES string of the molecule is COc1ccc(CC2CCCN2C(=O)Cc2cc(C)on2)cc1C. The molecule has 1 amide bonds. The van der Waals surface area contributed by atoms with Gasteiger partial charge in [0.2, 0.25) is 5.91 Å². The molecule has 1 aliphatic heterocycles. The summed E-state index contributed by atoms with van der Waals surface area (Å²) in [5, 5.41) is 3.93. The zero-order chi connectivity index (χ0) is 17.1. The lowest BCUT2D eigenvalue weighted by Crippen LogP contribution is -2.37. The number of likely N-dealkylation sites (tertiary alicyclic amines) is 1. The minimum absolute atomic E-state index is 0.135. The van der Waals surface area contributed by atoms with E-state index in [9.17, 15) is 4.79 Å². The molecule has 0 saturated carbocycles. The van der Waals surface area contributed by atoms with Crippen molar-refractivity contribution in [3.8, 4) is 5.75 Å². The Kier molecular flexibility index (Phi) is 4.88. The zero-order valence-electron chi connectivity index (χ0n) is 14.5. The Labute approximate surface area is 142 Å². The fourth-order valence-electron chi connectivity index (χ4n) is 3.47. The van der Waals surface area contributed by atoms with Crippen LogP contribution in [0.15, 0.2) is 28.8 Å². The van der Waals surface area contributed by atoms with Crippen molar-refractivity contribution in [2.45, 2.75) is 45.6 Å². The van der Waals surface area contributed by atoms with E-state index in [0.29, 0.717) is 12.1 Å². The van der Waals surface area contributed by atoms with E-state index in [2.05, 4.69) is 17.3 Å². The molecule has 5 heteroatoms. The third kappa shape index (κ3) is 3.61. The van der Waals surface area contributed by atoms with Crippen molar-refractivity contribution >= 4 is 5.91 Å². The summed E-state index contributed by atoms with van der Waals surface area (Å²) >= 11 is 0. The summed E-state index contributed by atoms with van der Waals surface area (Å²) in [5.74, 6) is 1.78. The molecule has 24 heavy (non-hydrogen) atoms. The molecule has 1 aliphatic rings. The van der Waals surface area contributed by atoms with Crippen LogP contribution in [0.4, 0.5) is 0 Å². The van der Waals surface area contributed by atoms with Crippen molar-refractivity contribution in [1.29, 1.82) is 0 Å². The Morgan fingerprint density at radius 3 is 2.88 bits per heavy atom. The highest BCUT2D eigenvalue weighted by Crippen LogP contribution is 2.25. The molecular formula is C19H24N2O3. The number of nitrogens with zero attached hydrogens (tertiary/aromatic N) is 2. The summed E-state index contributed by atoms with van der Waals surface area (Å²) in [6.07, 6.45) is 3.31. The number of aryl methyl sites for hydroxylation is 2. The van der Waals surface area contributed by atoms with Gasteiger partial charge in [-0.3, -0.25) is 4.79 Å². The smallest absolute Gasteiger partial charge is 0.228 e.